The van der Waals surface area contributed by atoms with E-state index >= 15 is 0 Å². The second-order valence-electron chi connectivity index (χ2n) is 6.78. The molecule has 0 atom stereocenters. The van der Waals surface area contributed by atoms with Gasteiger partial charge in [0.15, 0.2) is 17.3 Å². The van der Waals surface area contributed by atoms with Crippen LogP contribution in [0.4, 0.5) is 10.2 Å². The lowest BCUT2D eigenvalue weighted by Crippen LogP contribution is -2.47. The van der Waals surface area contributed by atoms with Crippen molar-refractivity contribution < 1.29 is 33.4 Å². The molecule has 3 aromatic rings. The van der Waals surface area contributed by atoms with Crippen molar-refractivity contribution in [3.8, 4) is 5.75 Å². The highest BCUT2D eigenvalue weighted by atomic mass is 19.1. The Labute approximate surface area is 175 Å². The Bertz CT molecular complexity index is 1200. The second-order valence-corrected chi connectivity index (χ2v) is 6.78. The molecule has 2 amide bonds. The molecule has 0 bridgehead atoms. The van der Waals surface area contributed by atoms with Crippen molar-refractivity contribution in [1.82, 2.24) is 9.97 Å². The molecular weight excluding hydrogens is 409 g/mol. The maximum atomic E-state index is 13.2. The molecule has 2 aromatic heterocycles. The van der Waals surface area contributed by atoms with Crippen LogP contribution in [-0.4, -0.2) is 53.2 Å². The number of methoxy groups -OCH3 is 1. The monoisotopic (exact) mass is 425 g/mol. The molecule has 0 radical (unpaired) electrons. The number of anilines is 1. The Kier molecular flexibility index (Phi) is 5.30. The van der Waals surface area contributed by atoms with Gasteiger partial charge in [0.05, 0.1) is 7.11 Å². The first-order valence-electron chi connectivity index (χ1n) is 9.17. The number of imide groups is 1. The predicted molar refractivity (Wildman–Crippen MR) is 105 cm³/mol. The first-order chi connectivity index (χ1) is 14.9. The van der Waals surface area contributed by atoms with Crippen LogP contribution < -0.4 is 4.90 Å². The topological polar surface area (TPSA) is 119 Å². The number of rotatable bonds is 4. The summed E-state index contributed by atoms with van der Waals surface area (Å²) in [6, 6.07) is 7.49. The van der Waals surface area contributed by atoms with E-state index in [4.69, 9.17) is 4.74 Å². The molecular formula is C21H16FN3O6. The summed E-state index contributed by atoms with van der Waals surface area (Å²) in [5.74, 6) is -3.35. The van der Waals surface area contributed by atoms with E-state index < -0.39 is 29.2 Å². The van der Waals surface area contributed by atoms with Crippen molar-refractivity contribution in [2.24, 2.45) is 0 Å². The minimum absolute atomic E-state index is 0.0275. The lowest BCUT2D eigenvalue weighted by Gasteiger charge is -2.25. The number of aromatic nitrogens is 2. The quantitative estimate of drug-likeness (QED) is 0.496. The summed E-state index contributed by atoms with van der Waals surface area (Å²) in [6.07, 6.45) is 1.84. The van der Waals surface area contributed by atoms with Gasteiger partial charge in [0.2, 0.25) is 0 Å². The number of carbonyl (C=O) groups excluding carboxylic acids is 3. The van der Waals surface area contributed by atoms with E-state index in [1.165, 1.54) is 18.3 Å². The van der Waals surface area contributed by atoms with Crippen LogP contribution in [0.3, 0.4) is 0 Å². The van der Waals surface area contributed by atoms with Crippen molar-refractivity contribution in [2.75, 3.05) is 25.2 Å². The minimum Gasteiger partial charge on any atom is -0.504 e. The summed E-state index contributed by atoms with van der Waals surface area (Å²) in [7, 11) is 1.11. The number of ether oxygens (including phenoxy) is 2. The lowest BCUT2D eigenvalue weighted by atomic mass is 10.0. The van der Waals surface area contributed by atoms with Crippen LogP contribution in [-0.2, 0) is 25.5 Å². The van der Waals surface area contributed by atoms with Crippen molar-refractivity contribution in [3.05, 3.63) is 59.2 Å². The van der Waals surface area contributed by atoms with Gasteiger partial charge >= 0.3 is 5.97 Å². The van der Waals surface area contributed by atoms with E-state index in [0.717, 1.165) is 17.6 Å². The molecule has 0 saturated carbocycles. The third kappa shape index (κ3) is 3.80. The fraction of sp³-hybridized carbons (Fsp3) is 0.190. The van der Waals surface area contributed by atoms with Crippen LogP contribution in [0.25, 0.3) is 10.9 Å². The van der Waals surface area contributed by atoms with Crippen LogP contribution in [0.1, 0.15) is 21.6 Å². The van der Waals surface area contributed by atoms with Crippen molar-refractivity contribution >= 4 is 34.5 Å². The Morgan fingerprint density at radius 1 is 1.19 bits per heavy atom. The fourth-order valence-electron chi connectivity index (χ4n) is 3.27. The molecule has 0 unspecified atom stereocenters. The van der Waals surface area contributed by atoms with Gasteiger partial charge in [-0.15, -0.1) is 0 Å². The third-order valence-corrected chi connectivity index (χ3v) is 4.71. The molecule has 1 aliphatic heterocycles. The largest absolute Gasteiger partial charge is 0.504 e. The minimum atomic E-state index is -0.953. The highest BCUT2D eigenvalue weighted by molar-refractivity contribution is 6.20. The average molecular weight is 425 g/mol. The van der Waals surface area contributed by atoms with Gasteiger partial charge in [-0.2, -0.15) is 0 Å². The Balaban J connectivity index is 1.89. The Morgan fingerprint density at radius 3 is 2.52 bits per heavy atom. The first kappa shape index (κ1) is 20.4. The van der Waals surface area contributed by atoms with Gasteiger partial charge in [-0.25, -0.2) is 19.1 Å². The zero-order chi connectivity index (χ0) is 22.1. The van der Waals surface area contributed by atoms with E-state index in [2.05, 4.69) is 14.7 Å². The molecule has 0 aliphatic carbocycles. The molecule has 1 aliphatic rings. The number of morpholine rings is 1. The molecule has 31 heavy (non-hydrogen) atoms. The van der Waals surface area contributed by atoms with E-state index in [1.807, 2.05) is 0 Å². The van der Waals surface area contributed by atoms with E-state index in [9.17, 15) is 23.9 Å². The third-order valence-electron chi connectivity index (χ3n) is 4.71. The highest BCUT2D eigenvalue weighted by Crippen LogP contribution is 2.34. The second kappa shape index (κ2) is 8.07. The molecule has 9 nitrogen and oxygen atoms in total. The summed E-state index contributed by atoms with van der Waals surface area (Å²) < 4.78 is 22.8. The number of hydrogen-bond donors (Lipinski definition) is 1. The van der Waals surface area contributed by atoms with Crippen LogP contribution in [0.2, 0.25) is 0 Å². The van der Waals surface area contributed by atoms with Gasteiger partial charge in [-0.05, 0) is 35.7 Å². The molecule has 158 valence electrons. The number of fused-ring (bicyclic) bond motifs is 1. The predicted octanol–water partition coefficient (Wildman–Crippen LogP) is 1.74. The standard InChI is InChI=1S/C21H16FN3O6/c1-30-21(29)18-19(28)17-14(20(24-18)25-15(26)9-31-10-16(25)27)7-12(8-23-17)6-11-2-4-13(22)5-3-11/h2-5,7-8,28H,6,9-10H2,1H3. The number of nitrogens with zero attached hydrogens (tertiary/aromatic N) is 3. The summed E-state index contributed by atoms with van der Waals surface area (Å²) in [4.78, 5) is 46.0. The van der Waals surface area contributed by atoms with Crippen LogP contribution in [0.15, 0.2) is 36.5 Å². The zero-order valence-corrected chi connectivity index (χ0v) is 16.3. The first-order valence-corrected chi connectivity index (χ1v) is 9.17. The van der Waals surface area contributed by atoms with Gasteiger partial charge in [0.1, 0.15) is 24.5 Å². The normalized spacial score (nSPS) is 14.2. The molecule has 1 N–H and O–H groups in total. The van der Waals surface area contributed by atoms with E-state index in [0.29, 0.717) is 12.0 Å². The molecule has 1 fully saturated rings. The van der Waals surface area contributed by atoms with Gasteiger partial charge in [0, 0.05) is 11.6 Å². The van der Waals surface area contributed by atoms with Crippen molar-refractivity contribution in [3.63, 3.8) is 0 Å². The smallest absolute Gasteiger partial charge is 0.360 e. The fourth-order valence-corrected chi connectivity index (χ4v) is 3.27. The van der Waals surface area contributed by atoms with Crippen LogP contribution in [0.5, 0.6) is 5.75 Å². The number of esters is 1. The van der Waals surface area contributed by atoms with Crippen LogP contribution >= 0.6 is 0 Å². The van der Waals surface area contributed by atoms with E-state index in [1.54, 1.807) is 18.2 Å². The number of carbonyl (C=O) groups is 3. The average Bonchev–Trinajstić information content (AvgIpc) is 2.76. The van der Waals surface area contributed by atoms with E-state index in [-0.39, 0.29) is 35.8 Å². The van der Waals surface area contributed by atoms with Gasteiger partial charge in [-0.3, -0.25) is 14.6 Å². The van der Waals surface area contributed by atoms with Crippen LogP contribution in [0, 0.1) is 5.82 Å². The van der Waals surface area contributed by atoms with Crippen molar-refractivity contribution in [1.29, 1.82) is 0 Å². The number of hydrogen-bond acceptors (Lipinski definition) is 8. The maximum absolute atomic E-state index is 13.2. The summed E-state index contributed by atoms with van der Waals surface area (Å²) in [5.41, 5.74) is 0.947. The molecule has 0 spiro atoms. The Morgan fingerprint density at radius 2 is 1.87 bits per heavy atom. The van der Waals surface area contributed by atoms with Gasteiger partial charge in [-0.1, -0.05) is 12.1 Å². The number of pyridine rings is 2. The molecule has 1 aromatic carbocycles. The lowest BCUT2D eigenvalue weighted by molar-refractivity contribution is -0.138. The SMILES string of the molecule is COC(=O)c1nc(N2C(=O)COCC2=O)c2cc(Cc3ccc(F)cc3)cnc2c1O. The summed E-state index contributed by atoms with van der Waals surface area (Å²) >= 11 is 0. The molecule has 4 rings (SSSR count). The number of aromatic hydroxyl groups is 1. The molecule has 10 heteroatoms. The van der Waals surface area contributed by atoms with Gasteiger partial charge < -0.3 is 14.6 Å². The molecule has 1 saturated heterocycles. The number of benzene rings is 1. The Hall–Kier alpha value is -3.92. The zero-order valence-electron chi connectivity index (χ0n) is 16.3. The van der Waals surface area contributed by atoms with Gasteiger partial charge in [0.25, 0.3) is 11.8 Å². The summed E-state index contributed by atoms with van der Waals surface area (Å²) in [6.45, 7) is -0.682. The maximum Gasteiger partial charge on any atom is 0.360 e. The molecule has 3 heterocycles. The summed E-state index contributed by atoms with van der Waals surface area (Å²) in [5, 5.41) is 10.7. The highest BCUT2D eigenvalue weighted by Gasteiger charge is 2.33. The number of halogens is 1. The number of amides is 2. The van der Waals surface area contributed by atoms with Crippen molar-refractivity contribution in [2.45, 2.75) is 6.42 Å².